The Bertz CT molecular complexity index is 848. The van der Waals surface area contributed by atoms with E-state index >= 15 is 0 Å². The van der Waals surface area contributed by atoms with Crippen molar-refractivity contribution in [3.8, 4) is 11.5 Å². The lowest BCUT2D eigenvalue weighted by atomic mass is 10.1. The van der Waals surface area contributed by atoms with Gasteiger partial charge in [0.2, 0.25) is 17.7 Å². The number of nitrogens with one attached hydrogen (secondary N) is 1. The van der Waals surface area contributed by atoms with Crippen LogP contribution in [0, 0.1) is 12.8 Å². The molecule has 24 heavy (non-hydrogen) atoms. The average molecular weight is 326 g/mol. The van der Waals surface area contributed by atoms with Crippen LogP contribution >= 0.6 is 0 Å². The minimum absolute atomic E-state index is 0.00432. The van der Waals surface area contributed by atoms with Gasteiger partial charge in [-0.3, -0.25) is 4.79 Å². The van der Waals surface area contributed by atoms with Crippen LogP contribution in [0.2, 0.25) is 0 Å². The Morgan fingerprint density at radius 1 is 1.29 bits per heavy atom. The second kappa shape index (κ2) is 6.86. The van der Waals surface area contributed by atoms with E-state index in [1.54, 1.807) is 6.92 Å². The first-order valence-corrected chi connectivity index (χ1v) is 8.19. The molecule has 0 aliphatic heterocycles. The molecule has 0 aliphatic carbocycles. The highest BCUT2D eigenvalue weighted by molar-refractivity contribution is 5.94. The molecular weight excluding hydrogens is 304 g/mol. The molecule has 0 saturated carbocycles. The molecule has 1 aromatic carbocycles. The molecule has 0 fully saturated rings. The van der Waals surface area contributed by atoms with Crippen LogP contribution in [0.4, 0.5) is 0 Å². The van der Waals surface area contributed by atoms with Crippen LogP contribution < -0.4 is 5.32 Å². The largest absolute Gasteiger partial charge is 0.421 e. The zero-order valence-corrected chi connectivity index (χ0v) is 14.2. The molecule has 126 valence electrons. The molecule has 2 heterocycles. The molecule has 0 aliphatic rings. The third-order valence-corrected chi connectivity index (χ3v) is 3.90. The predicted octanol–water partition coefficient (Wildman–Crippen LogP) is 3.16. The highest BCUT2D eigenvalue weighted by Gasteiger charge is 2.16. The van der Waals surface area contributed by atoms with Crippen molar-refractivity contribution >= 4 is 16.8 Å². The lowest BCUT2D eigenvalue weighted by Gasteiger charge is -2.08. The smallest absolute Gasteiger partial charge is 0.249 e. The number of hydrogen-bond donors (Lipinski definition) is 1. The van der Waals surface area contributed by atoms with Gasteiger partial charge in [0.25, 0.3) is 0 Å². The molecule has 0 spiro atoms. The van der Waals surface area contributed by atoms with Gasteiger partial charge >= 0.3 is 0 Å². The van der Waals surface area contributed by atoms with E-state index in [9.17, 15) is 4.79 Å². The summed E-state index contributed by atoms with van der Waals surface area (Å²) in [5.41, 5.74) is 1.82. The molecule has 6 nitrogen and oxygen atoms in total. The number of carbonyl (C=O) groups is 1. The van der Waals surface area contributed by atoms with Crippen LogP contribution in [-0.2, 0) is 11.3 Å². The van der Waals surface area contributed by atoms with Gasteiger partial charge in [0, 0.05) is 30.6 Å². The number of aromatic nitrogens is 3. The fourth-order valence-corrected chi connectivity index (χ4v) is 2.66. The molecule has 0 unspecified atom stereocenters. The summed E-state index contributed by atoms with van der Waals surface area (Å²) in [5.74, 6) is 1.57. The average Bonchev–Trinajstić information content (AvgIpc) is 3.11. The van der Waals surface area contributed by atoms with Crippen LogP contribution in [0.25, 0.3) is 22.4 Å². The summed E-state index contributed by atoms with van der Waals surface area (Å²) < 4.78 is 7.48. The molecule has 1 N–H and O–H groups in total. The number of nitrogens with zero attached hydrogens (tertiary/aromatic N) is 3. The van der Waals surface area contributed by atoms with E-state index in [-0.39, 0.29) is 12.5 Å². The fraction of sp³-hybridized carbons (Fsp3) is 0.389. The normalized spacial score (nSPS) is 11.3. The minimum atomic E-state index is 0.00432. The number of hydrogen-bond acceptors (Lipinski definition) is 4. The number of para-hydroxylation sites is 1. The summed E-state index contributed by atoms with van der Waals surface area (Å²) in [6.45, 7) is 7.02. The van der Waals surface area contributed by atoms with Crippen molar-refractivity contribution in [2.75, 3.05) is 6.54 Å². The Labute approximate surface area is 140 Å². The molecule has 0 radical (unpaired) electrons. The van der Waals surface area contributed by atoms with Crippen molar-refractivity contribution < 1.29 is 9.21 Å². The van der Waals surface area contributed by atoms with Crippen LogP contribution in [0.15, 0.2) is 34.9 Å². The number of rotatable bonds is 6. The third kappa shape index (κ3) is 3.48. The molecule has 3 aromatic rings. The highest BCUT2D eigenvalue weighted by Crippen LogP contribution is 2.29. The maximum absolute atomic E-state index is 12.2. The van der Waals surface area contributed by atoms with Crippen molar-refractivity contribution in [1.82, 2.24) is 20.1 Å². The second-order valence-electron chi connectivity index (χ2n) is 6.35. The van der Waals surface area contributed by atoms with Gasteiger partial charge in [-0.05, 0) is 18.4 Å². The maximum atomic E-state index is 12.2. The lowest BCUT2D eigenvalue weighted by Crippen LogP contribution is -2.28. The number of fused-ring (bicyclic) bond motifs is 1. The summed E-state index contributed by atoms with van der Waals surface area (Å²) in [4.78, 5) is 12.2. The van der Waals surface area contributed by atoms with Crippen LogP contribution in [0.3, 0.4) is 0 Å². The number of aryl methyl sites for hydroxylation is 1. The molecule has 3 rings (SSSR count). The van der Waals surface area contributed by atoms with Gasteiger partial charge in [-0.2, -0.15) is 0 Å². The van der Waals surface area contributed by atoms with Crippen LogP contribution in [0.1, 0.15) is 26.2 Å². The van der Waals surface area contributed by atoms with E-state index in [0.717, 1.165) is 22.9 Å². The lowest BCUT2D eigenvalue weighted by molar-refractivity contribution is -0.121. The number of benzene rings is 1. The van der Waals surface area contributed by atoms with Gasteiger partial charge < -0.3 is 14.3 Å². The van der Waals surface area contributed by atoms with Gasteiger partial charge in [0.1, 0.15) is 6.54 Å². The third-order valence-electron chi connectivity index (χ3n) is 3.90. The van der Waals surface area contributed by atoms with Crippen molar-refractivity contribution in [1.29, 1.82) is 0 Å². The van der Waals surface area contributed by atoms with E-state index in [1.165, 1.54) is 0 Å². The van der Waals surface area contributed by atoms with Gasteiger partial charge in [-0.1, -0.05) is 32.0 Å². The first-order chi connectivity index (χ1) is 11.5. The summed E-state index contributed by atoms with van der Waals surface area (Å²) in [7, 11) is 0. The summed E-state index contributed by atoms with van der Waals surface area (Å²) >= 11 is 0. The first-order valence-electron chi connectivity index (χ1n) is 8.19. The molecular formula is C18H22N4O2. The quantitative estimate of drug-likeness (QED) is 0.755. The molecule has 6 heteroatoms. The molecule has 2 aromatic heterocycles. The van der Waals surface area contributed by atoms with Gasteiger partial charge in [-0.25, -0.2) is 0 Å². The van der Waals surface area contributed by atoms with Crippen molar-refractivity contribution in [2.24, 2.45) is 5.92 Å². The molecule has 0 bridgehead atoms. The van der Waals surface area contributed by atoms with Crippen molar-refractivity contribution in [3.05, 3.63) is 36.4 Å². The number of carbonyl (C=O) groups excluding carboxylic acids is 1. The highest BCUT2D eigenvalue weighted by atomic mass is 16.4. The standard InChI is InChI=1S/C18H22N4O2/c1-12(2)8-9-19-17(23)11-22-10-15(18-21-20-13(3)24-18)14-6-4-5-7-16(14)22/h4-7,10,12H,8-9,11H2,1-3H3,(H,19,23). The Morgan fingerprint density at radius 3 is 2.79 bits per heavy atom. The van der Waals surface area contributed by atoms with Gasteiger partial charge in [-0.15, -0.1) is 10.2 Å². The Balaban J connectivity index is 1.85. The Kier molecular flexibility index (Phi) is 4.64. The van der Waals surface area contributed by atoms with Crippen LogP contribution in [-0.4, -0.2) is 27.2 Å². The summed E-state index contributed by atoms with van der Waals surface area (Å²) in [5, 5.41) is 12.0. The first kappa shape index (κ1) is 16.2. The molecule has 0 saturated heterocycles. The van der Waals surface area contributed by atoms with Gasteiger partial charge in [0.05, 0.1) is 5.56 Å². The van der Waals surface area contributed by atoms with Crippen molar-refractivity contribution in [3.63, 3.8) is 0 Å². The SMILES string of the molecule is Cc1nnc(-c2cn(CC(=O)NCCC(C)C)c3ccccc23)o1. The summed E-state index contributed by atoms with van der Waals surface area (Å²) in [6.07, 6.45) is 2.88. The van der Waals surface area contributed by atoms with E-state index in [1.807, 2.05) is 35.0 Å². The van der Waals surface area contributed by atoms with Crippen LogP contribution in [0.5, 0.6) is 0 Å². The Hall–Kier alpha value is -2.63. The summed E-state index contributed by atoms with van der Waals surface area (Å²) in [6, 6.07) is 7.90. The fourth-order valence-electron chi connectivity index (χ4n) is 2.66. The Morgan fingerprint density at radius 2 is 2.08 bits per heavy atom. The number of amides is 1. The van der Waals surface area contributed by atoms with E-state index in [2.05, 4.69) is 29.4 Å². The molecule has 1 amide bonds. The van der Waals surface area contributed by atoms with Gasteiger partial charge in [0.15, 0.2) is 0 Å². The topological polar surface area (TPSA) is 73.0 Å². The molecule has 0 atom stereocenters. The zero-order chi connectivity index (χ0) is 17.1. The van der Waals surface area contributed by atoms with Crippen molar-refractivity contribution in [2.45, 2.75) is 33.7 Å². The maximum Gasteiger partial charge on any atom is 0.249 e. The van der Waals surface area contributed by atoms with E-state index in [4.69, 9.17) is 4.42 Å². The monoisotopic (exact) mass is 326 g/mol. The predicted molar refractivity (Wildman–Crippen MR) is 92.4 cm³/mol. The second-order valence-corrected chi connectivity index (χ2v) is 6.35. The zero-order valence-electron chi connectivity index (χ0n) is 14.2. The van der Waals surface area contributed by atoms with E-state index in [0.29, 0.717) is 24.2 Å². The van der Waals surface area contributed by atoms with E-state index < -0.39 is 0 Å². The minimum Gasteiger partial charge on any atom is -0.421 e.